The van der Waals surface area contributed by atoms with Crippen LogP contribution in [0.5, 0.6) is 0 Å². The van der Waals surface area contributed by atoms with Crippen molar-refractivity contribution in [2.75, 3.05) is 39.6 Å². The van der Waals surface area contributed by atoms with Gasteiger partial charge in [-0.2, -0.15) is 0 Å². The van der Waals surface area contributed by atoms with Crippen molar-refractivity contribution in [1.82, 2.24) is 0 Å². The fourth-order valence-corrected chi connectivity index (χ4v) is 6.87. The Morgan fingerprint density at radius 1 is 0.364 bits per heavy atom. The zero-order valence-electron chi connectivity index (χ0n) is 28.9. The second-order valence-corrected chi connectivity index (χ2v) is 14.0. The van der Waals surface area contributed by atoms with Gasteiger partial charge in [0.05, 0.1) is 39.6 Å². The molecule has 0 amide bonds. The smallest absolute Gasteiger partial charge is 0.187 e. The SMILES string of the molecule is OC[C@@H]1O[C@@H](O[C@@H]2[C@@H](O[C@@H]3O[C@@H](CO)[C@H](O)[C@H]3O)[C@H](O[C@@H]3CO[C@@H](O[C@@H]4CO[C@H](O)[C@H](O)[C@H]4O)[C@H](O)[C@H]3O)OC[C@H]2O[C@@H]2OC[C@@H](O)[C@H](O)[C@H]2O)[C@H](O)[C@H]1O. The van der Waals surface area contributed by atoms with E-state index in [1.54, 1.807) is 0 Å². The molecule has 0 saturated carbocycles. The molecule has 14 N–H and O–H groups in total. The van der Waals surface area contributed by atoms with Gasteiger partial charge in [-0.05, 0) is 0 Å². The molecule has 55 heavy (non-hydrogen) atoms. The summed E-state index contributed by atoms with van der Waals surface area (Å²) >= 11 is 0. The van der Waals surface area contributed by atoms with Gasteiger partial charge in [0.15, 0.2) is 37.7 Å². The van der Waals surface area contributed by atoms with Crippen LogP contribution in [0.25, 0.3) is 0 Å². The van der Waals surface area contributed by atoms with Gasteiger partial charge in [-0.15, -0.1) is 0 Å². The first-order chi connectivity index (χ1) is 26.1. The molecule has 0 spiro atoms. The topological polar surface area (TPSA) is 385 Å². The van der Waals surface area contributed by atoms with Gasteiger partial charge in [0.1, 0.15) is 110 Å². The largest absolute Gasteiger partial charge is 0.394 e. The van der Waals surface area contributed by atoms with Gasteiger partial charge in [-0.3, -0.25) is 0 Å². The standard InChI is InChI=1S/C30H50O25/c31-1-8-14(35)21(42)28(49-8)54-23-12(53-26-19(40)13(34)7(33)3-46-26)6-48-30(24(23)55-29-22(43)15(36)9(2-32)50-29)52-11-5-47-27(20(41)17(11)38)51-10-4-45-25(44)18(39)16(10)37/h7-44H,1-6H2/t7-,8+,9+,10-,11-,12-,13+,14+,15+,16+,17+,18-,19-,20-,21-,22-,23+,24-,25+,26+,27+,28+,29+,30+/m1/s1. The van der Waals surface area contributed by atoms with E-state index in [0.29, 0.717) is 0 Å². The van der Waals surface area contributed by atoms with Crippen LogP contribution in [-0.4, -0.2) is 259 Å². The first-order valence-corrected chi connectivity index (χ1v) is 17.6. The third kappa shape index (κ3) is 9.11. The predicted molar refractivity (Wildman–Crippen MR) is 163 cm³/mol. The van der Waals surface area contributed by atoms with E-state index in [-0.39, 0.29) is 0 Å². The van der Waals surface area contributed by atoms with Gasteiger partial charge < -0.3 is 124 Å². The normalized spacial score (nSPS) is 53.8. The summed E-state index contributed by atoms with van der Waals surface area (Å²) in [5, 5.41) is 144. The second-order valence-electron chi connectivity index (χ2n) is 14.0. The lowest BCUT2D eigenvalue weighted by Crippen LogP contribution is -2.64. The molecule has 6 heterocycles. The van der Waals surface area contributed by atoms with Gasteiger partial charge >= 0.3 is 0 Å². The summed E-state index contributed by atoms with van der Waals surface area (Å²) in [5.74, 6) is 0. The van der Waals surface area contributed by atoms with Gasteiger partial charge in [0, 0.05) is 0 Å². The van der Waals surface area contributed by atoms with E-state index in [2.05, 4.69) is 0 Å². The molecular weight excluding hydrogens is 760 g/mol. The van der Waals surface area contributed by atoms with Gasteiger partial charge in [0.2, 0.25) is 0 Å². The average molecular weight is 811 g/mol. The van der Waals surface area contributed by atoms with E-state index >= 15 is 0 Å². The fourth-order valence-electron chi connectivity index (χ4n) is 6.87. The Labute approximate surface area is 311 Å². The van der Waals surface area contributed by atoms with E-state index in [1.807, 2.05) is 0 Å². The van der Waals surface area contributed by atoms with Crippen molar-refractivity contribution in [3.8, 4) is 0 Å². The molecule has 320 valence electrons. The molecular formula is C30H50O25. The van der Waals surface area contributed by atoms with Crippen LogP contribution in [0.15, 0.2) is 0 Å². The summed E-state index contributed by atoms with van der Waals surface area (Å²) in [6.45, 7) is -3.50. The molecule has 0 unspecified atom stereocenters. The van der Waals surface area contributed by atoms with Crippen LogP contribution in [0.3, 0.4) is 0 Å². The molecule has 0 bridgehead atoms. The minimum absolute atomic E-state index is 0.416. The third-order valence-electron chi connectivity index (χ3n) is 10.2. The van der Waals surface area contributed by atoms with E-state index in [0.717, 1.165) is 0 Å². The van der Waals surface area contributed by atoms with Crippen molar-refractivity contribution in [1.29, 1.82) is 0 Å². The number of aliphatic hydroxyl groups is 14. The fraction of sp³-hybridized carbons (Fsp3) is 1.00. The number of aliphatic hydroxyl groups excluding tert-OH is 14. The summed E-state index contributed by atoms with van der Waals surface area (Å²) in [6, 6.07) is 0. The van der Waals surface area contributed by atoms with E-state index < -0.39 is 187 Å². The van der Waals surface area contributed by atoms with Crippen LogP contribution in [-0.2, 0) is 52.1 Å². The zero-order valence-corrected chi connectivity index (χ0v) is 28.9. The molecule has 6 saturated heterocycles. The summed E-state index contributed by atoms with van der Waals surface area (Å²) < 4.78 is 62.2. The minimum Gasteiger partial charge on any atom is -0.394 e. The maximum Gasteiger partial charge on any atom is 0.187 e. The quantitative estimate of drug-likeness (QED) is 0.0870. The van der Waals surface area contributed by atoms with Crippen LogP contribution in [0.2, 0.25) is 0 Å². The zero-order chi connectivity index (χ0) is 39.9. The molecule has 0 aromatic heterocycles. The van der Waals surface area contributed by atoms with E-state index in [9.17, 15) is 71.5 Å². The van der Waals surface area contributed by atoms with E-state index in [1.165, 1.54) is 0 Å². The van der Waals surface area contributed by atoms with Gasteiger partial charge in [-0.25, -0.2) is 0 Å². The van der Waals surface area contributed by atoms with Gasteiger partial charge in [0.25, 0.3) is 0 Å². The third-order valence-corrected chi connectivity index (χ3v) is 10.2. The Balaban J connectivity index is 1.24. The number of rotatable bonds is 12. The first kappa shape index (κ1) is 43.6. The Morgan fingerprint density at radius 3 is 1.35 bits per heavy atom. The highest BCUT2D eigenvalue weighted by atomic mass is 16.8. The molecule has 0 aliphatic carbocycles. The highest BCUT2D eigenvalue weighted by molar-refractivity contribution is 4.96. The summed E-state index contributed by atoms with van der Waals surface area (Å²) in [5.41, 5.74) is 0. The van der Waals surface area contributed by atoms with Crippen molar-refractivity contribution in [2.24, 2.45) is 0 Å². The molecule has 25 nitrogen and oxygen atoms in total. The monoisotopic (exact) mass is 810 g/mol. The first-order valence-electron chi connectivity index (χ1n) is 17.6. The lowest BCUT2D eigenvalue weighted by molar-refractivity contribution is -0.382. The Kier molecular flexibility index (Phi) is 14.7. The van der Waals surface area contributed by atoms with Crippen LogP contribution in [0.4, 0.5) is 0 Å². The van der Waals surface area contributed by atoms with Crippen molar-refractivity contribution < 1.29 is 124 Å². The molecule has 0 radical (unpaired) electrons. The van der Waals surface area contributed by atoms with Crippen LogP contribution >= 0.6 is 0 Å². The minimum atomic E-state index is -1.88. The Morgan fingerprint density at radius 2 is 0.782 bits per heavy atom. The predicted octanol–water partition coefficient (Wildman–Crippen LogP) is -10.3. The molecule has 0 aromatic carbocycles. The number of hydrogen-bond acceptors (Lipinski definition) is 25. The van der Waals surface area contributed by atoms with Crippen LogP contribution in [0, 0.1) is 0 Å². The lowest BCUT2D eigenvalue weighted by atomic mass is 10.0. The lowest BCUT2D eigenvalue weighted by Gasteiger charge is -2.47. The average Bonchev–Trinajstić information content (AvgIpc) is 3.61. The Hall–Kier alpha value is -1.00. The molecule has 0 aromatic rings. The van der Waals surface area contributed by atoms with Crippen molar-refractivity contribution in [2.45, 2.75) is 148 Å². The van der Waals surface area contributed by atoms with Crippen molar-refractivity contribution in [3.63, 3.8) is 0 Å². The number of hydrogen-bond donors (Lipinski definition) is 14. The van der Waals surface area contributed by atoms with Gasteiger partial charge in [-0.1, -0.05) is 0 Å². The molecule has 6 fully saturated rings. The number of ether oxygens (including phenoxy) is 11. The molecule has 24 atom stereocenters. The summed E-state index contributed by atoms with van der Waals surface area (Å²) in [4.78, 5) is 0. The van der Waals surface area contributed by atoms with Crippen LogP contribution < -0.4 is 0 Å². The van der Waals surface area contributed by atoms with Crippen LogP contribution in [0.1, 0.15) is 0 Å². The van der Waals surface area contributed by atoms with E-state index in [4.69, 9.17) is 52.1 Å². The maximum atomic E-state index is 11.1. The highest BCUT2D eigenvalue weighted by Gasteiger charge is 2.56. The Bertz CT molecular complexity index is 1210. The molecule has 6 aliphatic heterocycles. The summed E-state index contributed by atoms with van der Waals surface area (Å²) in [6.07, 6.45) is -39.6. The maximum absolute atomic E-state index is 11.1. The second kappa shape index (κ2) is 18.5. The summed E-state index contributed by atoms with van der Waals surface area (Å²) in [7, 11) is 0. The van der Waals surface area contributed by atoms with Crippen molar-refractivity contribution >= 4 is 0 Å². The molecule has 6 aliphatic rings. The molecule has 25 heteroatoms. The molecule has 6 rings (SSSR count). The van der Waals surface area contributed by atoms with Crippen molar-refractivity contribution in [3.05, 3.63) is 0 Å². The highest BCUT2D eigenvalue weighted by Crippen LogP contribution is 2.36.